The summed E-state index contributed by atoms with van der Waals surface area (Å²) in [6.45, 7) is 17.8. The van der Waals surface area contributed by atoms with Crippen molar-refractivity contribution < 1.29 is 30.2 Å². The van der Waals surface area contributed by atoms with E-state index in [0.29, 0.717) is 11.5 Å². The van der Waals surface area contributed by atoms with E-state index in [-0.39, 0.29) is 37.7 Å². The van der Waals surface area contributed by atoms with Crippen LogP contribution in [0, 0.1) is 31.5 Å². The molecule has 0 aliphatic carbocycles. The molecule has 6 aromatic carbocycles. The van der Waals surface area contributed by atoms with Crippen molar-refractivity contribution in [1.29, 1.82) is 0 Å². The van der Waals surface area contributed by atoms with Gasteiger partial charge in [-0.05, 0) is 93.9 Å². The van der Waals surface area contributed by atoms with Crippen LogP contribution in [0.3, 0.4) is 0 Å². The van der Waals surface area contributed by atoms with Gasteiger partial charge >= 0.3 is 0 Å². The average Bonchev–Trinajstić information content (AvgIpc) is 3.73. The van der Waals surface area contributed by atoms with Crippen molar-refractivity contribution in [2.45, 2.75) is 59.3 Å². The number of anilines is 4. The molecule has 0 atom stereocenters. The van der Waals surface area contributed by atoms with E-state index < -0.39 is 0 Å². The summed E-state index contributed by atoms with van der Waals surface area (Å²) in [5, 5.41) is 2.13. The molecule has 0 saturated carbocycles. The molecule has 1 aliphatic rings. The zero-order valence-electron chi connectivity index (χ0n) is 33.7. The van der Waals surface area contributed by atoms with Crippen LogP contribution in [0.2, 0.25) is 0 Å². The number of hydrogen-bond acceptors (Lipinski definition) is 4. The molecule has 0 bridgehead atoms. The maximum Gasteiger partial charge on any atom is 0.135 e. The number of ether oxygens (including phenoxy) is 1. The minimum atomic E-state index is -0.273. The van der Waals surface area contributed by atoms with Gasteiger partial charge in [-0.25, -0.2) is 9.37 Å². The molecule has 2 aromatic heterocycles. The molecular weight excluding hydrogens is 899 g/mol. The summed E-state index contributed by atoms with van der Waals surface area (Å²) in [7, 11) is 0. The zero-order chi connectivity index (χ0) is 39.6. The number of halogens is 1. The first-order chi connectivity index (χ1) is 27.3. The first-order valence-corrected chi connectivity index (χ1v) is 19.4. The van der Waals surface area contributed by atoms with E-state index in [1.807, 2.05) is 55.6 Å². The summed E-state index contributed by atoms with van der Waals surface area (Å²) in [5.41, 5.74) is 11.3. The molecule has 0 unspecified atom stereocenters. The number of fused-ring (bicyclic) bond motifs is 4. The van der Waals surface area contributed by atoms with Crippen LogP contribution < -0.4 is 14.5 Å². The van der Waals surface area contributed by atoms with Gasteiger partial charge in [0.05, 0.1) is 0 Å². The van der Waals surface area contributed by atoms with Crippen LogP contribution in [0.25, 0.3) is 38.8 Å². The Morgan fingerprint density at radius 1 is 0.655 bits per heavy atom. The van der Waals surface area contributed by atoms with Gasteiger partial charge in [0.15, 0.2) is 0 Å². The Morgan fingerprint density at radius 2 is 1.33 bits per heavy atom. The summed E-state index contributed by atoms with van der Waals surface area (Å²) < 4.78 is 22.8. The number of para-hydroxylation sites is 3. The first-order valence-electron chi connectivity index (χ1n) is 19.4. The SMILES string of the molecule is Cc1cc(-n2c3[c-]c(Oc4[c-]c(N5[CH-]N(c6cc(C(C)(C)C)cc(C(C)(C)C)c6)c6ccccc65)ccc4)ccc3c3ccccc32)ncc1-c1cccc(F)c1.[Pt]. The number of rotatable bonds is 6. The predicted molar refractivity (Wildman–Crippen MR) is 232 cm³/mol. The van der Waals surface area contributed by atoms with E-state index in [2.05, 4.69) is 141 Å². The molecule has 3 heterocycles. The van der Waals surface area contributed by atoms with Gasteiger partial charge in [0.1, 0.15) is 11.6 Å². The smallest absolute Gasteiger partial charge is 0.135 e. The Hall–Kier alpha value is -5.71. The molecule has 5 nitrogen and oxygen atoms in total. The molecule has 294 valence electrons. The monoisotopic (exact) mass is 942 g/mol. The molecule has 58 heavy (non-hydrogen) atoms. The number of aromatic nitrogens is 2. The summed E-state index contributed by atoms with van der Waals surface area (Å²) in [4.78, 5) is 9.35. The molecule has 0 saturated heterocycles. The van der Waals surface area contributed by atoms with Crippen LogP contribution in [0.15, 0.2) is 134 Å². The topological polar surface area (TPSA) is 33.5 Å². The van der Waals surface area contributed by atoms with Gasteiger partial charge in [-0.3, -0.25) is 0 Å². The van der Waals surface area contributed by atoms with Crippen LogP contribution in [-0.4, -0.2) is 9.55 Å². The third-order valence-corrected chi connectivity index (χ3v) is 10.8. The van der Waals surface area contributed by atoms with Crippen molar-refractivity contribution >= 4 is 44.6 Å². The van der Waals surface area contributed by atoms with E-state index in [1.165, 1.54) is 17.2 Å². The molecule has 9 rings (SSSR count). The fraction of sp³-hybridized carbons (Fsp3) is 0.176. The quantitative estimate of drug-likeness (QED) is 0.156. The average molecular weight is 943 g/mol. The van der Waals surface area contributed by atoms with Gasteiger partial charge in [-0.2, -0.15) is 12.1 Å². The minimum Gasteiger partial charge on any atom is -0.509 e. The van der Waals surface area contributed by atoms with E-state index in [9.17, 15) is 4.39 Å². The Balaban J connectivity index is 0.00000469. The second-order valence-electron chi connectivity index (χ2n) is 16.9. The Bertz CT molecular complexity index is 2800. The molecule has 0 spiro atoms. The van der Waals surface area contributed by atoms with Crippen LogP contribution in [-0.2, 0) is 31.9 Å². The molecule has 0 amide bonds. The van der Waals surface area contributed by atoms with Gasteiger partial charge in [-0.15, -0.1) is 48.1 Å². The third-order valence-electron chi connectivity index (χ3n) is 10.8. The standard InChI is InChI=1S/C51H44FN4O.Pt/c1-33-24-49(53-31-44(33)34-14-12-15-37(52)25-34)56-45-19-9-8-18-42(45)43-23-22-41(30-48(43)56)57-40-17-13-16-38(29-40)54-32-55(47-21-11-10-20-46(47)54)39-27-35(50(2,3)4)26-36(28-39)51(5,6)7;/h8-28,31-32H,1-7H3;/q-3;. The van der Waals surface area contributed by atoms with Crippen LogP contribution >= 0.6 is 0 Å². The van der Waals surface area contributed by atoms with Crippen molar-refractivity contribution in [2.75, 3.05) is 9.80 Å². The van der Waals surface area contributed by atoms with Crippen LogP contribution in [0.4, 0.5) is 27.1 Å². The van der Waals surface area contributed by atoms with Crippen molar-refractivity contribution in [1.82, 2.24) is 9.55 Å². The third kappa shape index (κ3) is 7.20. The van der Waals surface area contributed by atoms with Crippen molar-refractivity contribution in [3.05, 3.63) is 175 Å². The molecular formula is C51H44FN4OPt-3. The van der Waals surface area contributed by atoms with E-state index in [0.717, 1.165) is 67.1 Å². The maximum absolute atomic E-state index is 14.1. The van der Waals surface area contributed by atoms with Gasteiger partial charge in [0.2, 0.25) is 0 Å². The number of hydrogen-bond donors (Lipinski definition) is 0. The summed E-state index contributed by atoms with van der Waals surface area (Å²) >= 11 is 0. The fourth-order valence-corrected chi connectivity index (χ4v) is 7.67. The zero-order valence-corrected chi connectivity index (χ0v) is 35.9. The number of pyridine rings is 1. The largest absolute Gasteiger partial charge is 0.509 e. The molecule has 7 heteroatoms. The summed E-state index contributed by atoms with van der Waals surface area (Å²) in [5.74, 6) is 1.61. The second-order valence-corrected chi connectivity index (χ2v) is 16.9. The van der Waals surface area contributed by atoms with Crippen molar-refractivity contribution in [3.63, 3.8) is 0 Å². The van der Waals surface area contributed by atoms with E-state index in [4.69, 9.17) is 9.72 Å². The van der Waals surface area contributed by atoms with Crippen molar-refractivity contribution in [3.8, 4) is 28.4 Å². The van der Waals surface area contributed by atoms with Gasteiger partial charge in [0.25, 0.3) is 0 Å². The predicted octanol–water partition coefficient (Wildman–Crippen LogP) is 13.7. The summed E-state index contributed by atoms with van der Waals surface area (Å²) in [6, 6.07) is 49.6. The van der Waals surface area contributed by atoms with Gasteiger partial charge in [0, 0.05) is 66.9 Å². The Kier molecular flexibility index (Phi) is 10.1. The molecule has 0 N–H and O–H groups in total. The number of benzene rings is 6. The number of nitrogens with zero attached hydrogens (tertiary/aromatic N) is 4. The Morgan fingerprint density at radius 3 is 2.03 bits per heavy atom. The molecule has 8 aromatic rings. The maximum atomic E-state index is 14.1. The number of aryl methyl sites for hydroxylation is 1. The fourth-order valence-electron chi connectivity index (χ4n) is 7.67. The van der Waals surface area contributed by atoms with Crippen molar-refractivity contribution in [2.24, 2.45) is 0 Å². The van der Waals surface area contributed by atoms with Crippen LogP contribution in [0.1, 0.15) is 58.2 Å². The van der Waals surface area contributed by atoms with Gasteiger partial charge in [-0.1, -0.05) is 95.6 Å². The minimum absolute atomic E-state index is 0. The van der Waals surface area contributed by atoms with E-state index in [1.54, 1.807) is 12.1 Å². The second kappa shape index (κ2) is 14.9. The van der Waals surface area contributed by atoms with E-state index >= 15 is 0 Å². The first kappa shape index (κ1) is 39.1. The molecule has 1 aliphatic heterocycles. The molecule has 0 radical (unpaired) electrons. The Labute approximate surface area is 355 Å². The molecule has 0 fully saturated rings. The van der Waals surface area contributed by atoms with Gasteiger partial charge < -0.3 is 19.1 Å². The normalized spacial score (nSPS) is 12.9. The van der Waals surface area contributed by atoms with Crippen LogP contribution in [0.5, 0.6) is 11.5 Å². The summed E-state index contributed by atoms with van der Waals surface area (Å²) in [6.07, 6.45) is 1.82.